The van der Waals surface area contributed by atoms with Gasteiger partial charge >= 0.3 is 0 Å². The van der Waals surface area contributed by atoms with Gasteiger partial charge in [-0.2, -0.15) is 0 Å². The maximum Gasteiger partial charge on any atom is 0.217 e. The molecule has 0 saturated heterocycles. The molecular formula is C27H38F2N2O2. The van der Waals surface area contributed by atoms with E-state index < -0.39 is 23.8 Å². The van der Waals surface area contributed by atoms with Crippen LogP contribution < -0.4 is 10.6 Å². The van der Waals surface area contributed by atoms with Crippen molar-refractivity contribution >= 4 is 5.91 Å². The summed E-state index contributed by atoms with van der Waals surface area (Å²) < 4.78 is 27.1. The monoisotopic (exact) mass is 460 g/mol. The zero-order valence-electron chi connectivity index (χ0n) is 20.9. The zero-order valence-corrected chi connectivity index (χ0v) is 20.9. The number of amides is 1. The van der Waals surface area contributed by atoms with Crippen molar-refractivity contribution < 1.29 is 18.7 Å². The standard InChI is InChI=1S/C27H38F2N2O2/c1-17(32)31-24(12-18-10-22(28)14-23(29)11-18)25(33)16-30-15-19-8-20(26(2,3)4)13-21(9-19)27(5,6)7/h8-11,13-14,24-25,30,33H,12,15-16H2,1-7H3,(H,31,32)/t24?,25-/m1/s1. The lowest BCUT2D eigenvalue weighted by molar-refractivity contribution is -0.120. The highest BCUT2D eigenvalue weighted by atomic mass is 19.1. The molecule has 2 rings (SSSR count). The van der Waals surface area contributed by atoms with Gasteiger partial charge in [0.2, 0.25) is 5.91 Å². The van der Waals surface area contributed by atoms with E-state index in [0.717, 1.165) is 11.6 Å². The first-order valence-corrected chi connectivity index (χ1v) is 11.4. The molecule has 3 N–H and O–H groups in total. The molecule has 0 bridgehead atoms. The first kappa shape index (κ1) is 26.9. The Morgan fingerprint density at radius 3 is 1.85 bits per heavy atom. The second-order valence-corrected chi connectivity index (χ2v) is 10.9. The molecule has 1 amide bonds. The number of hydrogen-bond acceptors (Lipinski definition) is 3. The fraction of sp³-hybridized carbons (Fsp3) is 0.519. The molecule has 33 heavy (non-hydrogen) atoms. The van der Waals surface area contributed by atoms with Gasteiger partial charge < -0.3 is 15.7 Å². The summed E-state index contributed by atoms with van der Waals surface area (Å²) in [6.07, 6.45) is -0.821. The smallest absolute Gasteiger partial charge is 0.217 e. The average molecular weight is 461 g/mol. The van der Waals surface area contributed by atoms with Crippen LogP contribution in [-0.2, 0) is 28.6 Å². The molecule has 0 aromatic heterocycles. The van der Waals surface area contributed by atoms with E-state index in [2.05, 4.69) is 70.4 Å². The highest BCUT2D eigenvalue weighted by Crippen LogP contribution is 2.30. The summed E-state index contributed by atoms with van der Waals surface area (Å²) >= 11 is 0. The van der Waals surface area contributed by atoms with Crippen molar-refractivity contribution in [1.82, 2.24) is 10.6 Å². The average Bonchev–Trinajstić information content (AvgIpc) is 2.64. The molecule has 2 aromatic rings. The molecule has 0 saturated carbocycles. The fourth-order valence-corrected chi connectivity index (χ4v) is 3.69. The van der Waals surface area contributed by atoms with Crippen LogP contribution in [0.3, 0.4) is 0 Å². The molecule has 2 aromatic carbocycles. The van der Waals surface area contributed by atoms with Crippen molar-refractivity contribution in [2.24, 2.45) is 0 Å². The van der Waals surface area contributed by atoms with Crippen LogP contribution in [0, 0.1) is 11.6 Å². The molecule has 0 heterocycles. The molecule has 0 aliphatic rings. The van der Waals surface area contributed by atoms with Gasteiger partial charge in [0.05, 0.1) is 12.1 Å². The van der Waals surface area contributed by atoms with Crippen LogP contribution in [0.1, 0.15) is 70.7 Å². The van der Waals surface area contributed by atoms with Crippen molar-refractivity contribution in [2.75, 3.05) is 6.54 Å². The highest BCUT2D eigenvalue weighted by molar-refractivity contribution is 5.73. The molecule has 2 atom stereocenters. The van der Waals surface area contributed by atoms with E-state index in [1.807, 2.05) is 0 Å². The van der Waals surface area contributed by atoms with Crippen LogP contribution in [-0.4, -0.2) is 29.7 Å². The third-order valence-corrected chi connectivity index (χ3v) is 5.64. The first-order valence-electron chi connectivity index (χ1n) is 11.4. The van der Waals surface area contributed by atoms with Gasteiger partial charge in [0.1, 0.15) is 11.6 Å². The Kier molecular flexibility index (Phi) is 8.77. The third kappa shape index (κ3) is 8.52. The summed E-state index contributed by atoms with van der Waals surface area (Å²) in [5.41, 5.74) is 3.99. The molecule has 0 spiro atoms. The number of carbonyl (C=O) groups is 1. The van der Waals surface area contributed by atoms with Gasteiger partial charge in [0.15, 0.2) is 0 Å². The molecule has 182 valence electrons. The van der Waals surface area contributed by atoms with Crippen molar-refractivity contribution in [2.45, 2.75) is 84.4 Å². The van der Waals surface area contributed by atoms with Gasteiger partial charge in [-0.05, 0) is 51.6 Å². The molecular weight excluding hydrogens is 422 g/mol. The Labute approximate surface area is 196 Å². The number of aliphatic hydroxyl groups excluding tert-OH is 1. The summed E-state index contributed by atoms with van der Waals surface area (Å²) in [7, 11) is 0. The van der Waals surface area contributed by atoms with Crippen LogP contribution in [0.25, 0.3) is 0 Å². The molecule has 0 radical (unpaired) electrons. The second kappa shape index (κ2) is 10.7. The number of hydrogen-bond donors (Lipinski definition) is 3. The summed E-state index contributed by atoms with van der Waals surface area (Å²) in [5, 5.41) is 16.7. The highest BCUT2D eigenvalue weighted by Gasteiger charge is 2.23. The van der Waals surface area contributed by atoms with E-state index >= 15 is 0 Å². The van der Waals surface area contributed by atoms with E-state index in [1.54, 1.807) is 0 Å². The largest absolute Gasteiger partial charge is 0.390 e. The lowest BCUT2D eigenvalue weighted by Crippen LogP contribution is -2.48. The molecule has 1 unspecified atom stereocenters. The van der Waals surface area contributed by atoms with Gasteiger partial charge in [0, 0.05) is 26.1 Å². The summed E-state index contributed by atoms with van der Waals surface area (Å²) in [5.74, 6) is -1.69. The maximum absolute atomic E-state index is 13.6. The van der Waals surface area contributed by atoms with E-state index in [4.69, 9.17) is 0 Å². The van der Waals surface area contributed by atoms with Crippen LogP contribution in [0.2, 0.25) is 0 Å². The first-order chi connectivity index (χ1) is 15.1. The van der Waals surface area contributed by atoms with E-state index in [1.165, 1.54) is 30.2 Å². The predicted octanol–water partition coefficient (Wildman–Crippen LogP) is 4.76. The summed E-state index contributed by atoms with van der Waals surface area (Å²) in [6.45, 7) is 15.2. The SMILES string of the molecule is CC(=O)NC(Cc1cc(F)cc(F)c1)[C@H](O)CNCc1cc(C(C)(C)C)cc(C(C)(C)C)c1. The Morgan fingerprint density at radius 2 is 1.39 bits per heavy atom. The van der Waals surface area contributed by atoms with Crippen molar-refractivity contribution in [3.05, 3.63) is 70.3 Å². The van der Waals surface area contributed by atoms with Crippen LogP contribution >= 0.6 is 0 Å². The third-order valence-electron chi connectivity index (χ3n) is 5.64. The van der Waals surface area contributed by atoms with Crippen LogP contribution in [0.15, 0.2) is 36.4 Å². The Morgan fingerprint density at radius 1 is 0.879 bits per heavy atom. The van der Waals surface area contributed by atoms with Crippen molar-refractivity contribution in [3.63, 3.8) is 0 Å². The Balaban J connectivity index is 2.12. The van der Waals surface area contributed by atoms with Crippen LogP contribution in [0.4, 0.5) is 8.78 Å². The Bertz CT molecular complexity index is 909. The minimum Gasteiger partial charge on any atom is -0.390 e. The molecule has 0 fully saturated rings. The van der Waals surface area contributed by atoms with E-state index in [-0.39, 0.29) is 29.7 Å². The number of halogens is 2. The minimum atomic E-state index is -0.937. The maximum atomic E-state index is 13.6. The van der Waals surface area contributed by atoms with Gasteiger partial charge in [-0.25, -0.2) is 8.78 Å². The summed E-state index contributed by atoms with van der Waals surface area (Å²) in [4.78, 5) is 11.7. The lowest BCUT2D eigenvalue weighted by atomic mass is 9.79. The number of aliphatic hydroxyl groups is 1. The van der Waals surface area contributed by atoms with Gasteiger partial charge in [-0.3, -0.25) is 4.79 Å². The van der Waals surface area contributed by atoms with Crippen molar-refractivity contribution in [1.29, 1.82) is 0 Å². The molecule has 0 aliphatic heterocycles. The van der Waals surface area contributed by atoms with Gasteiger partial charge in [-0.1, -0.05) is 59.7 Å². The normalized spacial score (nSPS) is 14.1. The predicted molar refractivity (Wildman–Crippen MR) is 129 cm³/mol. The number of nitrogens with one attached hydrogen (secondary N) is 2. The fourth-order valence-electron chi connectivity index (χ4n) is 3.69. The number of carbonyl (C=O) groups excluding carboxylic acids is 1. The lowest BCUT2D eigenvalue weighted by Gasteiger charge is -2.27. The quantitative estimate of drug-likeness (QED) is 0.532. The van der Waals surface area contributed by atoms with E-state index in [9.17, 15) is 18.7 Å². The molecule has 6 heteroatoms. The molecule has 4 nitrogen and oxygen atoms in total. The van der Waals surface area contributed by atoms with E-state index in [0.29, 0.717) is 12.1 Å². The second-order valence-electron chi connectivity index (χ2n) is 10.9. The van der Waals surface area contributed by atoms with Gasteiger partial charge in [0.25, 0.3) is 0 Å². The molecule has 0 aliphatic carbocycles. The summed E-state index contributed by atoms with van der Waals surface area (Å²) in [6, 6.07) is 9.15. The zero-order chi connectivity index (χ0) is 25.0. The number of benzene rings is 2. The van der Waals surface area contributed by atoms with Gasteiger partial charge in [-0.15, -0.1) is 0 Å². The topological polar surface area (TPSA) is 61.4 Å². The van der Waals surface area contributed by atoms with Crippen LogP contribution in [0.5, 0.6) is 0 Å². The van der Waals surface area contributed by atoms with Crippen molar-refractivity contribution in [3.8, 4) is 0 Å². The Hall–Kier alpha value is -2.31. The number of rotatable bonds is 8. The minimum absolute atomic E-state index is 0.00621.